The van der Waals surface area contributed by atoms with Crippen LogP contribution in [-0.4, -0.2) is 25.5 Å². The van der Waals surface area contributed by atoms with Crippen molar-refractivity contribution in [2.24, 2.45) is 11.7 Å². The first-order chi connectivity index (χ1) is 6.24. The smallest absolute Gasteiger partial charge is 0.0357 e. The number of nitrogens with zero attached hydrogens (tertiary/aromatic N) is 1. The molecule has 0 amide bonds. The van der Waals surface area contributed by atoms with Crippen molar-refractivity contribution in [2.75, 3.05) is 20.6 Å². The first-order valence-corrected chi connectivity index (χ1v) is 4.66. The van der Waals surface area contributed by atoms with E-state index in [0.29, 0.717) is 5.92 Å². The van der Waals surface area contributed by atoms with Gasteiger partial charge in [-0.2, -0.15) is 0 Å². The first-order valence-electron chi connectivity index (χ1n) is 4.66. The average molecular weight is 178 g/mol. The van der Waals surface area contributed by atoms with E-state index in [0.717, 1.165) is 13.0 Å². The summed E-state index contributed by atoms with van der Waals surface area (Å²) in [5, 5.41) is 0. The van der Waals surface area contributed by atoms with Gasteiger partial charge < -0.3 is 10.6 Å². The molecule has 0 aromatic carbocycles. The Morgan fingerprint density at radius 1 is 1.54 bits per heavy atom. The molecule has 1 unspecified atom stereocenters. The molecule has 0 heterocycles. The minimum absolute atomic E-state index is 0.486. The normalized spacial score (nSPS) is 24.5. The van der Waals surface area contributed by atoms with Crippen LogP contribution in [0, 0.1) is 5.92 Å². The van der Waals surface area contributed by atoms with Crippen molar-refractivity contribution < 1.29 is 0 Å². The van der Waals surface area contributed by atoms with Crippen molar-refractivity contribution in [3.8, 4) is 0 Å². The highest BCUT2D eigenvalue weighted by Gasteiger charge is 2.02. The van der Waals surface area contributed by atoms with E-state index in [9.17, 15) is 0 Å². The minimum Gasteiger partial charge on any atom is -0.378 e. The highest BCUT2D eigenvalue weighted by Crippen LogP contribution is 2.11. The largest absolute Gasteiger partial charge is 0.378 e. The molecule has 72 valence electrons. The summed E-state index contributed by atoms with van der Waals surface area (Å²) in [6.45, 7) is 0.724. The zero-order valence-electron chi connectivity index (χ0n) is 8.40. The van der Waals surface area contributed by atoms with Gasteiger partial charge in [-0.3, -0.25) is 0 Å². The SMILES string of the molecule is CN(C)C1=C/C=C/CC(CN)C=C1. The molecule has 2 heteroatoms. The molecule has 1 aliphatic rings. The molecule has 1 aliphatic carbocycles. The van der Waals surface area contributed by atoms with Crippen LogP contribution < -0.4 is 5.73 Å². The lowest BCUT2D eigenvalue weighted by Crippen LogP contribution is -2.14. The summed E-state index contributed by atoms with van der Waals surface area (Å²) in [4.78, 5) is 2.10. The van der Waals surface area contributed by atoms with Gasteiger partial charge in [0.25, 0.3) is 0 Å². The Morgan fingerprint density at radius 3 is 2.92 bits per heavy atom. The van der Waals surface area contributed by atoms with E-state index in [-0.39, 0.29) is 0 Å². The van der Waals surface area contributed by atoms with Gasteiger partial charge in [0.1, 0.15) is 0 Å². The van der Waals surface area contributed by atoms with Crippen LogP contribution in [0.15, 0.2) is 36.1 Å². The Morgan fingerprint density at radius 2 is 2.31 bits per heavy atom. The van der Waals surface area contributed by atoms with Crippen LogP contribution in [0.4, 0.5) is 0 Å². The molecule has 1 atom stereocenters. The van der Waals surface area contributed by atoms with Gasteiger partial charge in [-0.1, -0.05) is 18.2 Å². The Bertz CT molecular complexity index is 236. The van der Waals surface area contributed by atoms with Crippen LogP contribution in [0.5, 0.6) is 0 Å². The molecule has 0 aliphatic heterocycles. The second kappa shape index (κ2) is 4.87. The number of hydrogen-bond acceptors (Lipinski definition) is 2. The molecule has 0 radical (unpaired) electrons. The van der Waals surface area contributed by atoms with E-state index in [1.165, 1.54) is 5.70 Å². The first kappa shape index (κ1) is 10.1. The monoisotopic (exact) mass is 178 g/mol. The third-order valence-corrected chi connectivity index (χ3v) is 2.20. The lowest BCUT2D eigenvalue weighted by atomic mass is 10.0. The lowest BCUT2D eigenvalue weighted by molar-refractivity contribution is 0.527. The molecular weight excluding hydrogens is 160 g/mol. The van der Waals surface area contributed by atoms with Crippen LogP contribution in [-0.2, 0) is 0 Å². The maximum Gasteiger partial charge on any atom is 0.0357 e. The van der Waals surface area contributed by atoms with E-state index < -0.39 is 0 Å². The fraction of sp³-hybridized carbons (Fsp3) is 0.455. The summed E-state index contributed by atoms with van der Waals surface area (Å²) < 4.78 is 0. The Hall–Kier alpha value is -1.02. The van der Waals surface area contributed by atoms with E-state index in [2.05, 4.69) is 35.3 Å². The Kier molecular flexibility index (Phi) is 3.77. The molecule has 2 nitrogen and oxygen atoms in total. The van der Waals surface area contributed by atoms with Crippen LogP contribution in [0.1, 0.15) is 6.42 Å². The van der Waals surface area contributed by atoms with E-state index in [1.54, 1.807) is 0 Å². The molecule has 0 spiro atoms. The van der Waals surface area contributed by atoms with Gasteiger partial charge in [0, 0.05) is 19.8 Å². The third-order valence-electron chi connectivity index (χ3n) is 2.20. The summed E-state index contributed by atoms with van der Waals surface area (Å²) in [7, 11) is 4.09. The zero-order chi connectivity index (χ0) is 9.68. The number of likely N-dealkylation sites (N-methyl/N-ethyl adjacent to an activating group) is 1. The maximum atomic E-state index is 5.63. The molecule has 0 saturated carbocycles. The van der Waals surface area contributed by atoms with Crippen LogP contribution >= 0.6 is 0 Å². The van der Waals surface area contributed by atoms with Crippen molar-refractivity contribution in [3.05, 3.63) is 36.1 Å². The summed E-state index contributed by atoms with van der Waals surface area (Å²) >= 11 is 0. The fourth-order valence-electron chi connectivity index (χ4n) is 1.26. The number of hydrogen-bond donors (Lipinski definition) is 1. The molecule has 0 bridgehead atoms. The van der Waals surface area contributed by atoms with Crippen molar-refractivity contribution in [1.29, 1.82) is 0 Å². The predicted octanol–water partition coefficient (Wildman–Crippen LogP) is 1.52. The number of rotatable bonds is 2. The van der Waals surface area contributed by atoms with E-state index in [1.807, 2.05) is 14.1 Å². The van der Waals surface area contributed by atoms with E-state index >= 15 is 0 Å². The number of allylic oxidation sites excluding steroid dienone is 4. The van der Waals surface area contributed by atoms with Crippen molar-refractivity contribution in [2.45, 2.75) is 6.42 Å². The minimum atomic E-state index is 0.486. The van der Waals surface area contributed by atoms with Crippen molar-refractivity contribution in [3.63, 3.8) is 0 Å². The predicted molar refractivity (Wildman–Crippen MR) is 57.2 cm³/mol. The van der Waals surface area contributed by atoms with Gasteiger partial charge in [0.05, 0.1) is 0 Å². The van der Waals surface area contributed by atoms with Gasteiger partial charge in [0.2, 0.25) is 0 Å². The standard InChI is InChI=1S/C11H18N2/c1-13(2)11-6-4-3-5-10(9-12)7-8-11/h3-4,6-8,10H,5,9,12H2,1-2H3/b4-3+,8-7?,11-6?. The second-order valence-electron chi connectivity index (χ2n) is 3.50. The Balaban J connectivity index is 2.75. The third kappa shape index (κ3) is 3.07. The summed E-state index contributed by atoms with van der Waals surface area (Å²) in [5.41, 5.74) is 6.84. The molecular formula is C11H18N2. The summed E-state index contributed by atoms with van der Waals surface area (Å²) in [6.07, 6.45) is 11.8. The van der Waals surface area contributed by atoms with Crippen molar-refractivity contribution >= 4 is 0 Å². The quantitative estimate of drug-likeness (QED) is 0.694. The maximum absolute atomic E-state index is 5.63. The van der Waals surface area contributed by atoms with Crippen molar-refractivity contribution in [1.82, 2.24) is 4.90 Å². The van der Waals surface area contributed by atoms with Gasteiger partial charge in [-0.15, -0.1) is 0 Å². The second-order valence-corrected chi connectivity index (χ2v) is 3.50. The molecule has 2 N–H and O–H groups in total. The molecule has 0 fully saturated rings. The average Bonchev–Trinajstić information content (AvgIpc) is 2.03. The lowest BCUT2D eigenvalue weighted by Gasteiger charge is -2.15. The zero-order valence-corrected chi connectivity index (χ0v) is 8.40. The van der Waals surface area contributed by atoms with Crippen LogP contribution in [0.25, 0.3) is 0 Å². The molecule has 0 saturated heterocycles. The Labute approximate surface area is 80.4 Å². The number of nitrogens with two attached hydrogens (primary N) is 1. The summed E-state index contributed by atoms with van der Waals surface area (Å²) in [6, 6.07) is 0. The van der Waals surface area contributed by atoms with Gasteiger partial charge in [-0.05, 0) is 31.0 Å². The van der Waals surface area contributed by atoms with Gasteiger partial charge in [-0.25, -0.2) is 0 Å². The van der Waals surface area contributed by atoms with Gasteiger partial charge in [0.15, 0.2) is 0 Å². The topological polar surface area (TPSA) is 29.3 Å². The fourth-order valence-corrected chi connectivity index (χ4v) is 1.26. The van der Waals surface area contributed by atoms with Crippen LogP contribution in [0.3, 0.4) is 0 Å². The highest BCUT2D eigenvalue weighted by atomic mass is 15.1. The van der Waals surface area contributed by atoms with Crippen LogP contribution in [0.2, 0.25) is 0 Å². The van der Waals surface area contributed by atoms with Gasteiger partial charge >= 0.3 is 0 Å². The van der Waals surface area contributed by atoms with E-state index in [4.69, 9.17) is 5.73 Å². The molecule has 0 aromatic rings. The molecule has 0 aromatic heterocycles. The molecule has 13 heavy (non-hydrogen) atoms. The highest BCUT2D eigenvalue weighted by molar-refractivity contribution is 5.24. The summed E-state index contributed by atoms with van der Waals surface area (Å²) in [5.74, 6) is 0.486. The molecule has 1 rings (SSSR count).